The van der Waals surface area contributed by atoms with Gasteiger partial charge in [-0.15, -0.1) is 0 Å². The van der Waals surface area contributed by atoms with Gasteiger partial charge in [0.15, 0.2) is 0 Å². The molecule has 1 aromatic carbocycles. The summed E-state index contributed by atoms with van der Waals surface area (Å²) in [4.78, 5) is 31.9. The lowest BCUT2D eigenvalue weighted by atomic mass is 10.1. The molecule has 0 bridgehead atoms. The summed E-state index contributed by atoms with van der Waals surface area (Å²) in [6.07, 6.45) is 3.38. The molecule has 0 saturated heterocycles. The summed E-state index contributed by atoms with van der Waals surface area (Å²) in [6.45, 7) is 4.62. The molecular formula is C20H18Cl2N4O2. The normalized spacial score (nSPS) is 14.9. The van der Waals surface area contributed by atoms with Crippen molar-refractivity contribution < 1.29 is 4.79 Å². The lowest BCUT2D eigenvalue weighted by Gasteiger charge is -2.34. The predicted molar refractivity (Wildman–Crippen MR) is 108 cm³/mol. The number of amides is 1. The fraction of sp³-hybridized carbons (Fsp3) is 0.250. The van der Waals surface area contributed by atoms with E-state index in [1.54, 1.807) is 52.3 Å². The molecule has 4 rings (SSSR count). The van der Waals surface area contributed by atoms with Crippen LogP contribution in [0, 0.1) is 6.92 Å². The fourth-order valence-electron chi connectivity index (χ4n) is 3.55. The van der Waals surface area contributed by atoms with Crippen molar-refractivity contribution in [1.29, 1.82) is 0 Å². The van der Waals surface area contributed by atoms with E-state index in [2.05, 4.69) is 4.98 Å². The van der Waals surface area contributed by atoms with Gasteiger partial charge in [0.05, 0.1) is 18.1 Å². The number of hydrogen-bond acceptors (Lipinski definition) is 3. The van der Waals surface area contributed by atoms with Crippen molar-refractivity contribution in [3.05, 3.63) is 80.2 Å². The molecule has 0 N–H and O–H groups in total. The van der Waals surface area contributed by atoms with Crippen LogP contribution in [-0.4, -0.2) is 31.5 Å². The highest BCUT2D eigenvalue weighted by molar-refractivity contribution is 6.34. The van der Waals surface area contributed by atoms with E-state index >= 15 is 0 Å². The van der Waals surface area contributed by atoms with Gasteiger partial charge in [-0.05, 0) is 49.7 Å². The van der Waals surface area contributed by atoms with Crippen molar-refractivity contribution in [3.63, 3.8) is 0 Å². The summed E-state index contributed by atoms with van der Waals surface area (Å²) < 4.78 is 3.21. The minimum atomic E-state index is -0.219. The van der Waals surface area contributed by atoms with Crippen LogP contribution in [0.2, 0.25) is 10.0 Å². The molecule has 144 valence electrons. The number of pyridine rings is 1. The van der Waals surface area contributed by atoms with Crippen LogP contribution in [0.1, 0.15) is 34.7 Å². The molecule has 3 heterocycles. The Morgan fingerprint density at radius 2 is 1.79 bits per heavy atom. The van der Waals surface area contributed by atoms with Crippen molar-refractivity contribution in [2.45, 2.75) is 26.4 Å². The Bertz CT molecular complexity index is 1120. The van der Waals surface area contributed by atoms with Crippen LogP contribution in [-0.2, 0) is 6.54 Å². The topological polar surface area (TPSA) is 60.1 Å². The molecule has 1 aliphatic rings. The minimum absolute atomic E-state index is 0.194. The largest absolute Gasteiger partial charge is 0.329 e. The first-order chi connectivity index (χ1) is 13.3. The highest BCUT2D eigenvalue weighted by Gasteiger charge is 2.30. The molecule has 6 nitrogen and oxygen atoms in total. The van der Waals surface area contributed by atoms with E-state index in [1.807, 2.05) is 13.8 Å². The lowest BCUT2D eigenvalue weighted by molar-refractivity contribution is 0.0628. The van der Waals surface area contributed by atoms with Crippen molar-refractivity contribution in [3.8, 4) is 5.69 Å². The second-order valence-corrected chi connectivity index (χ2v) is 7.73. The van der Waals surface area contributed by atoms with Gasteiger partial charge in [0.25, 0.3) is 11.5 Å². The third-order valence-corrected chi connectivity index (χ3v) is 5.46. The second kappa shape index (κ2) is 7.11. The number of carbonyl (C=O) groups is 1. The van der Waals surface area contributed by atoms with Crippen LogP contribution in [0.4, 0.5) is 0 Å². The maximum Gasteiger partial charge on any atom is 0.275 e. The maximum absolute atomic E-state index is 13.1. The molecule has 0 aliphatic carbocycles. The van der Waals surface area contributed by atoms with E-state index < -0.39 is 0 Å². The van der Waals surface area contributed by atoms with E-state index in [0.29, 0.717) is 34.5 Å². The number of carbonyl (C=O) groups excluding carboxylic acids is 1. The Labute approximate surface area is 171 Å². The lowest BCUT2D eigenvalue weighted by Crippen LogP contribution is -2.45. The minimum Gasteiger partial charge on any atom is -0.329 e. The van der Waals surface area contributed by atoms with Crippen LogP contribution in [0.3, 0.4) is 0 Å². The molecule has 1 unspecified atom stereocenters. The summed E-state index contributed by atoms with van der Waals surface area (Å²) in [7, 11) is 0. The number of rotatable bonds is 3. The van der Waals surface area contributed by atoms with Gasteiger partial charge in [-0.2, -0.15) is 0 Å². The number of aromatic nitrogens is 3. The Hall–Kier alpha value is -2.57. The average molecular weight is 417 g/mol. The molecule has 28 heavy (non-hydrogen) atoms. The predicted octanol–water partition coefficient (Wildman–Crippen LogP) is 3.87. The van der Waals surface area contributed by atoms with Crippen molar-refractivity contribution in [1.82, 2.24) is 19.0 Å². The smallest absolute Gasteiger partial charge is 0.275 e. The zero-order valence-electron chi connectivity index (χ0n) is 15.4. The number of hydrogen-bond donors (Lipinski definition) is 0. The highest BCUT2D eigenvalue weighted by Crippen LogP contribution is 2.29. The standard InChI is InChI=1S/C20H18Cl2N4O2/c1-12-10-24(11-23-12)17-3-4-18-20(28)25(5-6-26(18)19(17)27)13(2)14-7-15(21)9-16(22)8-14/h3-4,7-11,13H,5-6H2,1-2H3. The van der Waals surface area contributed by atoms with E-state index in [0.717, 1.165) is 11.3 Å². The van der Waals surface area contributed by atoms with Gasteiger partial charge in [-0.25, -0.2) is 4.98 Å². The number of fused-ring (bicyclic) bond motifs is 1. The summed E-state index contributed by atoms with van der Waals surface area (Å²) in [5, 5.41) is 1.05. The summed E-state index contributed by atoms with van der Waals surface area (Å²) >= 11 is 12.2. The van der Waals surface area contributed by atoms with Crippen LogP contribution >= 0.6 is 23.2 Å². The van der Waals surface area contributed by atoms with Gasteiger partial charge in [-0.3, -0.25) is 9.59 Å². The molecule has 0 fully saturated rings. The Morgan fingerprint density at radius 3 is 2.43 bits per heavy atom. The van der Waals surface area contributed by atoms with Gasteiger partial charge < -0.3 is 14.0 Å². The van der Waals surface area contributed by atoms with Crippen LogP contribution in [0.5, 0.6) is 0 Å². The van der Waals surface area contributed by atoms with E-state index in [-0.39, 0.29) is 17.5 Å². The molecule has 0 spiro atoms. The molecule has 0 radical (unpaired) electrons. The molecule has 1 atom stereocenters. The first-order valence-corrected chi connectivity index (χ1v) is 9.62. The van der Waals surface area contributed by atoms with E-state index in [9.17, 15) is 9.59 Å². The van der Waals surface area contributed by atoms with Crippen molar-refractivity contribution >= 4 is 29.1 Å². The number of nitrogens with zero attached hydrogens (tertiary/aromatic N) is 4. The third kappa shape index (κ3) is 3.23. The number of halogens is 2. The quantitative estimate of drug-likeness (QED) is 0.650. The fourth-order valence-corrected chi connectivity index (χ4v) is 4.09. The zero-order valence-corrected chi connectivity index (χ0v) is 16.9. The van der Waals surface area contributed by atoms with Gasteiger partial charge in [0, 0.05) is 29.3 Å². The van der Waals surface area contributed by atoms with Gasteiger partial charge in [0.2, 0.25) is 0 Å². The molecule has 3 aromatic rings. The van der Waals surface area contributed by atoms with Gasteiger partial charge in [-0.1, -0.05) is 23.2 Å². The zero-order chi connectivity index (χ0) is 20.0. The monoisotopic (exact) mass is 416 g/mol. The first kappa shape index (κ1) is 18.8. The average Bonchev–Trinajstić information content (AvgIpc) is 3.07. The van der Waals surface area contributed by atoms with Gasteiger partial charge in [0.1, 0.15) is 11.4 Å². The Balaban J connectivity index is 1.69. The molecular weight excluding hydrogens is 399 g/mol. The highest BCUT2D eigenvalue weighted by atomic mass is 35.5. The van der Waals surface area contributed by atoms with Crippen molar-refractivity contribution in [2.24, 2.45) is 0 Å². The first-order valence-electron chi connectivity index (χ1n) is 8.87. The molecule has 1 amide bonds. The Kier molecular flexibility index (Phi) is 4.77. The van der Waals surface area contributed by atoms with E-state index in [4.69, 9.17) is 23.2 Å². The number of benzene rings is 1. The molecule has 0 saturated carbocycles. The van der Waals surface area contributed by atoms with Crippen molar-refractivity contribution in [2.75, 3.05) is 6.54 Å². The summed E-state index contributed by atoms with van der Waals surface area (Å²) in [5.41, 5.74) is 2.31. The van der Waals surface area contributed by atoms with E-state index in [1.165, 1.54) is 4.57 Å². The van der Waals surface area contributed by atoms with Gasteiger partial charge >= 0.3 is 0 Å². The maximum atomic E-state index is 13.1. The van der Waals surface area contributed by atoms with Crippen LogP contribution in [0.25, 0.3) is 5.69 Å². The number of aryl methyl sites for hydroxylation is 1. The van der Waals surface area contributed by atoms with Crippen LogP contribution in [0.15, 0.2) is 47.7 Å². The molecule has 8 heteroatoms. The Morgan fingerprint density at radius 1 is 1.07 bits per heavy atom. The third-order valence-electron chi connectivity index (χ3n) is 5.02. The van der Waals surface area contributed by atoms with Crippen LogP contribution < -0.4 is 5.56 Å². The molecule has 1 aliphatic heterocycles. The molecule has 2 aromatic heterocycles. The second-order valence-electron chi connectivity index (χ2n) is 6.86. The summed E-state index contributed by atoms with van der Waals surface area (Å²) in [5.74, 6) is -0.194. The SMILES string of the molecule is Cc1cn(-c2ccc3n(c2=O)CCN(C(C)c2cc(Cl)cc(Cl)c2)C3=O)cn1. The number of imidazole rings is 1. The summed E-state index contributed by atoms with van der Waals surface area (Å²) in [6, 6.07) is 8.40.